The van der Waals surface area contributed by atoms with E-state index in [0.717, 1.165) is 38.5 Å². The lowest BCUT2D eigenvalue weighted by atomic mass is 9.96. The minimum absolute atomic E-state index is 0.162. The summed E-state index contributed by atoms with van der Waals surface area (Å²) in [6.45, 7) is 0. The molecule has 0 unspecified atom stereocenters. The van der Waals surface area contributed by atoms with Crippen molar-refractivity contribution in [3.8, 4) is 11.5 Å². The summed E-state index contributed by atoms with van der Waals surface area (Å²) >= 11 is 5.29. The maximum atomic E-state index is 6.35. The lowest BCUT2D eigenvalue weighted by molar-refractivity contribution is -0.0166. The largest absolute Gasteiger partial charge is 0.497 e. The Bertz CT molecular complexity index is 1000. The van der Waals surface area contributed by atoms with Crippen LogP contribution in [0, 0.1) is 0 Å². The first kappa shape index (κ1) is 16.8. The Hall–Kier alpha value is -2.31. The van der Waals surface area contributed by atoms with Gasteiger partial charge in [-0.05, 0) is 59.5 Å². The lowest BCUT2D eigenvalue weighted by Crippen LogP contribution is -2.33. The van der Waals surface area contributed by atoms with E-state index in [2.05, 4.69) is 56.7 Å². The van der Waals surface area contributed by atoms with Gasteiger partial charge in [0.15, 0.2) is 0 Å². The minimum atomic E-state index is -0.195. The Kier molecular flexibility index (Phi) is 4.17. The van der Waals surface area contributed by atoms with Gasteiger partial charge in [0.25, 0.3) is 0 Å². The highest BCUT2D eigenvalue weighted by Crippen LogP contribution is 2.48. The van der Waals surface area contributed by atoms with Gasteiger partial charge in [0, 0.05) is 16.5 Å². The zero-order valence-electron chi connectivity index (χ0n) is 14.6. The second kappa shape index (κ2) is 6.69. The normalized spacial score (nSPS) is 20.5. The summed E-state index contributed by atoms with van der Waals surface area (Å²) in [4.78, 5) is 1.16. The molecule has 2 aliphatic heterocycles. The molecule has 136 valence electrons. The average Bonchev–Trinajstić information content (AvgIpc) is 3.38. The molecule has 0 fully saturated rings. The number of ether oxygens (including phenoxy) is 2. The van der Waals surface area contributed by atoms with Gasteiger partial charge in [-0.3, -0.25) is 0 Å². The van der Waals surface area contributed by atoms with Crippen LogP contribution in [0.3, 0.4) is 0 Å². The van der Waals surface area contributed by atoms with E-state index < -0.39 is 0 Å². The monoisotopic (exact) mass is 440 g/mol. The molecule has 3 heterocycles. The summed E-state index contributed by atoms with van der Waals surface area (Å²) in [5.74, 6) is 1.79. The third kappa shape index (κ3) is 2.93. The molecule has 0 radical (unpaired) electrons. The maximum Gasteiger partial charge on any atom is 0.222 e. The molecule has 2 atom stereocenters. The molecule has 0 spiro atoms. The van der Waals surface area contributed by atoms with Crippen molar-refractivity contribution in [3.63, 3.8) is 0 Å². The molecule has 1 aromatic heterocycles. The minimum Gasteiger partial charge on any atom is -0.497 e. The first-order valence-electron chi connectivity index (χ1n) is 8.72. The zero-order chi connectivity index (χ0) is 18.4. The number of nitrogens with zero attached hydrogens (tertiary/aromatic N) is 2. The summed E-state index contributed by atoms with van der Waals surface area (Å²) in [7, 11) is 1.68. The molecule has 2 aromatic carbocycles. The number of benzene rings is 2. The zero-order valence-corrected chi connectivity index (χ0v) is 17.0. The van der Waals surface area contributed by atoms with Gasteiger partial charge in [-0.2, -0.15) is 5.10 Å². The van der Waals surface area contributed by atoms with E-state index >= 15 is 0 Å². The highest BCUT2D eigenvalue weighted by molar-refractivity contribution is 9.10. The van der Waals surface area contributed by atoms with Crippen LogP contribution in [0.25, 0.3) is 0 Å². The van der Waals surface area contributed by atoms with E-state index in [1.165, 1.54) is 5.56 Å². The number of methoxy groups -OCH3 is 1. The van der Waals surface area contributed by atoms with Crippen molar-refractivity contribution >= 4 is 33.0 Å². The van der Waals surface area contributed by atoms with E-state index in [-0.39, 0.29) is 12.3 Å². The second-order valence-corrected chi connectivity index (χ2v) is 8.44. The lowest BCUT2D eigenvalue weighted by Gasteiger charge is -2.37. The number of hydrazone groups is 1. The molecule has 2 aliphatic rings. The van der Waals surface area contributed by atoms with Crippen molar-refractivity contribution in [2.24, 2.45) is 5.10 Å². The van der Waals surface area contributed by atoms with Crippen LogP contribution < -0.4 is 9.47 Å². The molecular weight excluding hydrogens is 424 g/mol. The summed E-state index contributed by atoms with van der Waals surface area (Å²) in [6.07, 6.45) is 0.653. The van der Waals surface area contributed by atoms with Gasteiger partial charge in [-0.25, -0.2) is 5.01 Å². The number of fused-ring (bicyclic) bond motifs is 3. The molecule has 0 aliphatic carbocycles. The topological polar surface area (TPSA) is 34.1 Å². The molecular formula is C21H17BrN2O2S. The van der Waals surface area contributed by atoms with Gasteiger partial charge in [0.05, 0.1) is 23.7 Å². The standard InChI is InChI=1S/C21H17BrN2O2S/c1-25-15-7-4-13(5-8-15)17-12-18-16-11-14(22)6-9-19(16)26-21(24(18)23-17)20-3-2-10-27-20/h2-11,18,21H,12H2,1H3/t18-,21-/m0/s1. The fraction of sp³-hybridized carbons (Fsp3) is 0.190. The van der Waals surface area contributed by atoms with Gasteiger partial charge < -0.3 is 9.47 Å². The van der Waals surface area contributed by atoms with Crippen LogP contribution in [-0.4, -0.2) is 17.8 Å². The summed E-state index contributed by atoms with van der Waals surface area (Å²) < 4.78 is 12.7. The molecule has 3 aromatic rings. The predicted octanol–water partition coefficient (Wildman–Crippen LogP) is 5.76. The molecule has 0 amide bonds. The number of hydrogen-bond acceptors (Lipinski definition) is 5. The van der Waals surface area contributed by atoms with Gasteiger partial charge in [0.1, 0.15) is 11.5 Å². The molecule has 0 N–H and O–H groups in total. The van der Waals surface area contributed by atoms with Crippen molar-refractivity contribution in [3.05, 3.63) is 80.5 Å². The van der Waals surface area contributed by atoms with Gasteiger partial charge in [-0.1, -0.05) is 22.0 Å². The van der Waals surface area contributed by atoms with Crippen LogP contribution in [-0.2, 0) is 0 Å². The van der Waals surface area contributed by atoms with Crippen molar-refractivity contribution in [2.45, 2.75) is 18.7 Å². The number of hydrogen-bond donors (Lipinski definition) is 0. The van der Waals surface area contributed by atoms with Crippen molar-refractivity contribution in [1.29, 1.82) is 0 Å². The van der Waals surface area contributed by atoms with E-state index in [1.54, 1.807) is 18.4 Å². The van der Waals surface area contributed by atoms with Crippen LogP contribution in [0.15, 0.2) is 69.6 Å². The van der Waals surface area contributed by atoms with Crippen LogP contribution >= 0.6 is 27.3 Å². The first-order valence-corrected chi connectivity index (χ1v) is 10.4. The Morgan fingerprint density at radius 1 is 1.19 bits per heavy atom. The predicted molar refractivity (Wildman–Crippen MR) is 111 cm³/mol. The van der Waals surface area contributed by atoms with Crippen LogP contribution in [0.1, 0.15) is 34.7 Å². The van der Waals surface area contributed by atoms with Crippen molar-refractivity contribution in [1.82, 2.24) is 5.01 Å². The quantitative estimate of drug-likeness (QED) is 0.518. The number of halogens is 1. The molecule has 6 heteroatoms. The number of thiophene rings is 1. The SMILES string of the molecule is COc1ccc(C2=NN3[C@@H](C2)c2cc(Br)ccc2O[C@H]3c2cccs2)cc1. The van der Waals surface area contributed by atoms with Crippen LogP contribution in [0.5, 0.6) is 11.5 Å². The summed E-state index contributed by atoms with van der Waals surface area (Å²) in [5, 5.41) is 9.17. The molecule has 0 saturated heterocycles. The van der Waals surface area contributed by atoms with Gasteiger partial charge in [0.2, 0.25) is 6.23 Å². The Morgan fingerprint density at radius 2 is 2.04 bits per heavy atom. The first-order chi connectivity index (χ1) is 13.2. The number of rotatable bonds is 3. The molecule has 4 nitrogen and oxygen atoms in total. The van der Waals surface area contributed by atoms with Gasteiger partial charge >= 0.3 is 0 Å². The molecule has 27 heavy (non-hydrogen) atoms. The Morgan fingerprint density at radius 3 is 2.78 bits per heavy atom. The fourth-order valence-corrected chi connectivity index (χ4v) is 4.76. The van der Waals surface area contributed by atoms with Crippen molar-refractivity contribution < 1.29 is 9.47 Å². The molecule has 0 saturated carbocycles. The highest BCUT2D eigenvalue weighted by Gasteiger charge is 2.41. The summed E-state index contributed by atoms with van der Waals surface area (Å²) in [6, 6.07) is 18.6. The molecule has 0 bridgehead atoms. The Labute approximate surface area is 170 Å². The fourth-order valence-electron chi connectivity index (χ4n) is 3.64. The molecule has 5 rings (SSSR count). The highest BCUT2D eigenvalue weighted by atomic mass is 79.9. The van der Waals surface area contributed by atoms with E-state index in [4.69, 9.17) is 14.6 Å². The van der Waals surface area contributed by atoms with Gasteiger partial charge in [-0.15, -0.1) is 11.3 Å². The van der Waals surface area contributed by atoms with Crippen molar-refractivity contribution in [2.75, 3.05) is 7.11 Å². The third-order valence-electron chi connectivity index (χ3n) is 4.96. The van der Waals surface area contributed by atoms with E-state index in [0.29, 0.717) is 0 Å². The maximum absolute atomic E-state index is 6.35. The van der Waals surface area contributed by atoms with E-state index in [9.17, 15) is 0 Å². The average molecular weight is 441 g/mol. The Balaban J connectivity index is 1.57. The van der Waals surface area contributed by atoms with Crippen LogP contribution in [0.4, 0.5) is 0 Å². The second-order valence-electron chi connectivity index (χ2n) is 6.54. The smallest absolute Gasteiger partial charge is 0.222 e. The van der Waals surface area contributed by atoms with E-state index in [1.807, 2.05) is 24.3 Å². The van der Waals surface area contributed by atoms with Crippen LogP contribution in [0.2, 0.25) is 0 Å². The summed E-state index contributed by atoms with van der Waals surface area (Å²) in [5.41, 5.74) is 3.36. The third-order valence-corrected chi connectivity index (χ3v) is 6.36.